The second kappa shape index (κ2) is 6.65. The summed E-state index contributed by atoms with van der Waals surface area (Å²) in [7, 11) is 0. The molecule has 0 heterocycles. The fourth-order valence-corrected chi connectivity index (χ4v) is 2.96. The maximum Gasteiger partial charge on any atom is 0.144 e. The zero-order chi connectivity index (χ0) is 14.5. The molecule has 20 heavy (non-hydrogen) atoms. The number of nitriles is 1. The van der Waals surface area contributed by atoms with Crippen LogP contribution in [0.5, 0.6) is 0 Å². The van der Waals surface area contributed by atoms with Gasteiger partial charge in [0.15, 0.2) is 0 Å². The van der Waals surface area contributed by atoms with Gasteiger partial charge in [-0.1, -0.05) is 6.08 Å². The van der Waals surface area contributed by atoms with E-state index in [0.717, 1.165) is 19.3 Å². The number of hydrogen-bond donors (Lipinski definition) is 0. The minimum absolute atomic E-state index is 0.486. The highest BCUT2D eigenvalue weighted by atomic mass is 19.1. The zero-order valence-electron chi connectivity index (χ0n) is 11.5. The van der Waals surface area contributed by atoms with Crippen LogP contribution < -0.4 is 0 Å². The van der Waals surface area contributed by atoms with Crippen molar-refractivity contribution in [2.75, 3.05) is 0 Å². The van der Waals surface area contributed by atoms with Crippen LogP contribution in [0.1, 0.15) is 43.2 Å². The summed E-state index contributed by atoms with van der Waals surface area (Å²) in [5.74, 6) is -0.236. The molecule has 0 N–H and O–H groups in total. The molecule has 3 heteroatoms. The molecule has 1 fully saturated rings. The molecule has 0 aromatic heterocycles. The van der Waals surface area contributed by atoms with Gasteiger partial charge >= 0.3 is 0 Å². The van der Waals surface area contributed by atoms with Crippen molar-refractivity contribution in [3.05, 3.63) is 47.5 Å². The highest BCUT2D eigenvalue weighted by Gasteiger charge is 2.19. The fraction of sp³-hybridized carbons (Fsp3) is 0.471. The Morgan fingerprint density at radius 3 is 2.30 bits per heavy atom. The number of rotatable bonds is 4. The van der Waals surface area contributed by atoms with E-state index in [1.54, 1.807) is 6.07 Å². The molecule has 106 valence electrons. The van der Waals surface area contributed by atoms with Crippen molar-refractivity contribution in [1.82, 2.24) is 0 Å². The molecule has 1 aliphatic carbocycles. The average Bonchev–Trinajstić information content (AvgIpc) is 2.45. The first kappa shape index (κ1) is 14.7. The summed E-state index contributed by atoms with van der Waals surface area (Å²) in [6, 6.07) is 4.13. The fourth-order valence-electron chi connectivity index (χ4n) is 2.96. The number of halogens is 2. The molecule has 0 radical (unpaired) electrons. The summed E-state index contributed by atoms with van der Waals surface area (Å²) in [6.45, 7) is 3.83. The maximum atomic E-state index is 13.5. The molecule has 0 spiro atoms. The molecule has 0 saturated heterocycles. The van der Waals surface area contributed by atoms with E-state index in [1.165, 1.54) is 25.0 Å². The molecule has 0 aliphatic heterocycles. The predicted molar refractivity (Wildman–Crippen MR) is 75.0 cm³/mol. The van der Waals surface area contributed by atoms with E-state index >= 15 is 0 Å². The molecule has 1 aromatic carbocycles. The molecule has 1 aromatic rings. The smallest absolute Gasteiger partial charge is 0.144 e. The Labute approximate surface area is 118 Å². The normalized spacial score (nSPS) is 22.2. The number of nitrogens with zero attached hydrogens (tertiary/aromatic N) is 1. The molecule has 0 unspecified atom stereocenters. The quantitative estimate of drug-likeness (QED) is 0.727. The second-order valence-corrected chi connectivity index (χ2v) is 5.60. The summed E-state index contributed by atoms with van der Waals surface area (Å²) < 4.78 is 27.0. The Bertz CT molecular complexity index is 499. The molecule has 0 amide bonds. The minimum atomic E-state index is -0.752. The molecule has 1 nitrogen and oxygen atoms in total. The number of benzene rings is 1. The highest BCUT2D eigenvalue weighted by Crippen LogP contribution is 2.32. The SMILES string of the molecule is C=CC1CCC(CCc2cc(F)c(C#N)c(F)c2)CC1. The van der Waals surface area contributed by atoms with Crippen molar-refractivity contribution in [1.29, 1.82) is 5.26 Å². The first-order valence-corrected chi connectivity index (χ1v) is 7.14. The number of aryl methyl sites for hydroxylation is 1. The van der Waals surface area contributed by atoms with Gasteiger partial charge in [-0.05, 0) is 68.1 Å². The standard InChI is InChI=1S/C17H19F2N/c1-2-12-3-5-13(6-4-12)7-8-14-9-16(18)15(11-20)17(19)10-14/h2,9-10,12-13H,1,3-8H2. The van der Waals surface area contributed by atoms with Gasteiger partial charge < -0.3 is 0 Å². The summed E-state index contributed by atoms with van der Waals surface area (Å²) in [5.41, 5.74) is 0.157. The van der Waals surface area contributed by atoms with Gasteiger partial charge in [-0.2, -0.15) is 5.26 Å². The average molecular weight is 275 g/mol. The van der Waals surface area contributed by atoms with Crippen molar-refractivity contribution in [2.45, 2.75) is 38.5 Å². The van der Waals surface area contributed by atoms with E-state index in [2.05, 4.69) is 6.58 Å². The van der Waals surface area contributed by atoms with Crippen LogP contribution in [-0.2, 0) is 6.42 Å². The van der Waals surface area contributed by atoms with Gasteiger partial charge in [-0.15, -0.1) is 6.58 Å². The first-order valence-electron chi connectivity index (χ1n) is 7.14. The van der Waals surface area contributed by atoms with Crippen LogP contribution in [0.2, 0.25) is 0 Å². The van der Waals surface area contributed by atoms with E-state index in [9.17, 15) is 8.78 Å². The minimum Gasteiger partial charge on any atom is -0.205 e. The second-order valence-electron chi connectivity index (χ2n) is 5.60. The summed E-state index contributed by atoms with van der Waals surface area (Å²) in [4.78, 5) is 0. The van der Waals surface area contributed by atoms with Crippen LogP contribution in [0.25, 0.3) is 0 Å². The lowest BCUT2D eigenvalue weighted by Gasteiger charge is -2.26. The van der Waals surface area contributed by atoms with Crippen molar-refractivity contribution < 1.29 is 8.78 Å². The van der Waals surface area contributed by atoms with Crippen molar-refractivity contribution in [2.24, 2.45) is 11.8 Å². The van der Waals surface area contributed by atoms with Gasteiger partial charge in [-0.3, -0.25) is 0 Å². The van der Waals surface area contributed by atoms with E-state index in [-0.39, 0.29) is 0 Å². The first-order chi connectivity index (χ1) is 9.63. The summed E-state index contributed by atoms with van der Waals surface area (Å²) >= 11 is 0. The summed E-state index contributed by atoms with van der Waals surface area (Å²) in [5, 5.41) is 8.63. The van der Waals surface area contributed by atoms with Crippen LogP contribution in [0.4, 0.5) is 8.78 Å². The Hall–Kier alpha value is -1.69. The number of hydrogen-bond acceptors (Lipinski definition) is 1. The van der Waals surface area contributed by atoms with Crippen molar-refractivity contribution >= 4 is 0 Å². The van der Waals surface area contributed by atoms with Crippen LogP contribution in [0, 0.1) is 34.8 Å². The Morgan fingerprint density at radius 1 is 1.20 bits per heavy atom. The number of allylic oxidation sites excluding steroid dienone is 1. The van der Waals surface area contributed by atoms with Crippen LogP contribution in [-0.4, -0.2) is 0 Å². The van der Waals surface area contributed by atoms with Crippen LogP contribution in [0.3, 0.4) is 0 Å². The van der Waals surface area contributed by atoms with E-state index in [1.807, 2.05) is 6.08 Å². The Balaban J connectivity index is 1.92. The zero-order valence-corrected chi connectivity index (χ0v) is 11.5. The molecular formula is C17H19F2N. The van der Waals surface area contributed by atoms with Gasteiger partial charge in [0.05, 0.1) is 0 Å². The van der Waals surface area contributed by atoms with Gasteiger partial charge in [0.25, 0.3) is 0 Å². The molecule has 2 rings (SSSR count). The lowest BCUT2D eigenvalue weighted by molar-refractivity contribution is 0.296. The van der Waals surface area contributed by atoms with Crippen LogP contribution >= 0.6 is 0 Å². The third-order valence-corrected chi connectivity index (χ3v) is 4.28. The van der Waals surface area contributed by atoms with Gasteiger partial charge in [0.2, 0.25) is 0 Å². The van der Waals surface area contributed by atoms with E-state index < -0.39 is 17.2 Å². The van der Waals surface area contributed by atoms with E-state index in [4.69, 9.17) is 5.26 Å². The summed E-state index contributed by atoms with van der Waals surface area (Å²) in [6.07, 6.45) is 8.32. The molecular weight excluding hydrogens is 256 g/mol. The molecule has 1 saturated carbocycles. The topological polar surface area (TPSA) is 23.8 Å². The lowest BCUT2D eigenvalue weighted by Crippen LogP contribution is -2.13. The largest absolute Gasteiger partial charge is 0.205 e. The highest BCUT2D eigenvalue weighted by molar-refractivity contribution is 5.35. The molecule has 0 bridgehead atoms. The lowest BCUT2D eigenvalue weighted by atomic mass is 9.79. The van der Waals surface area contributed by atoms with Gasteiger partial charge in [0, 0.05) is 0 Å². The van der Waals surface area contributed by atoms with Crippen molar-refractivity contribution in [3.63, 3.8) is 0 Å². The monoisotopic (exact) mass is 275 g/mol. The van der Waals surface area contributed by atoms with Crippen molar-refractivity contribution in [3.8, 4) is 6.07 Å². The van der Waals surface area contributed by atoms with Gasteiger partial charge in [-0.25, -0.2) is 8.78 Å². The van der Waals surface area contributed by atoms with Gasteiger partial charge in [0.1, 0.15) is 23.3 Å². The maximum absolute atomic E-state index is 13.5. The predicted octanol–water partition coefficient (Wildman–Crippen LogP) is 4.76. The van der Waals surface area contributed by atoms with E-state index in [0.29, 0.717) is 23.8 Å². The Kier molecular flexibility index (Phi) is 4.89. The van der Waals surface area contributed by atoms with Crippen LogP contribution in [0.15, 0.2) is 24.8 Å². The molecule has 0 atom stereocenters. The third-order valence-electron chi connectivity index (χ3n) is 4.28. The molecule has 1 aliphatic rings. The Morgan fingerprint density at radius 2 is 1.80 bits per heavy atom. The third kappa shape index (κ3) is 3.45.